The molecule has 0 radical (unpaired) electrons. The third-order valence-corrected chi connectivity index (χ3v) is 2.76. The van der Waals surface area contributed by atoms with E-state index in [1.165, 1.54) is 6.92 Å². The van der Waals surface area contributed by atoms with E-state index in [0.717, 1.165) is 6.54 Å². The van der Waals surface area contributed by atoms with Crippen LogP contribution in [0.25, 0.3) is 0 Å². The van der Waals surface area contributed by atoms with E-state index in [0.29, 0.717) is 12.5 Å². The predicted octanol–water partition coefficient (Wildman–Crippen LogP) is -0.323. The molecule has 0 aromatic heterocycles. The number of rotatable bonds is 11. The van der Waals surface area contributed by atoms with Crippen molar-refractivity contribution in [1.82, 2.24) is 10.6 Å². The minimum absolute atomic E-state index is 0.0889. The van der Waals surface area contributed by atoms with Crippen molar-refractivity contribution in [1.29, 1.82) is 0 Å². The van der Waals surface area contributed by atoms with Crippen LogP contribution in [0.2, 0.25) is 0 Å². The summed E-state index contributed by atoms with van der Waals surface area (Å²) in [6.45, 7) is 10.5. The first-order chi connectivity index (χ1) is 9.19. The van der Waals surface area contributed by atoms with Crippen molar-refractivity contribution in [2.75, 3.05) is 26.3 Å². The minimum Gasteiger partial charge on any atom is -0.393 e. The monoisotopic (exact) mass is 292 g/mol. The Hall–Kier alpha value is -0.240. The Balaban J connectivity index is 4.18. The summed E-state index contributed by atoms with van der Waals surface area (Å²) in [5.74, 6) is 0.522. The van der Waals surface area contributed by atoms with Crippen LogP contribution in [0.15, 0.2) is 0 Å². The smallest absolute Gasteiger partial charge is 0.139 e. The summed E-state index contributed by atoms with van der Waals surface area (Å²) in [6.07, 6.45) is -1.38. The fourth-order valence-electron chi connectivity index (χ4n) is 1.60. The van der Waals surface area contributed by atoms with Gasteiger partial charge in [-0.05, 0) is 33.2 Å². The molecule has 122 valence electrons. The molecule has 0 amide bonds. The zero-order valence-corrected chi connectivity index (χ0v) is 13.4. The van der Waals surface area contributed by atoms with Gasteiger partial charge in [-0.2, -0.15) is 0 Å². The third kappa shape index (κ3) is 8.84. The SMILES string of the molecule is CC(C)CNCC(O)COC(NC(C)C)C(C)(O)CO. The lowest BCUT2D eigenvalue weighted by atomic mass is 10.1. The number of ether oxygens (including phenoxy) is 1. The van der Waals surface area contributed by atoms with Gasteiger partial charge in [0.2, 0.25) is 0 Å². The van der Waals surface area contributed by atoms with Gasteiger partial charge < -0.3 is 25.4 Å². The van der Waals surface area contributed by atoms with Gasteiger partial charge in [0.05, 0.1) is 19.3 Å². The molecule has 20 heavy (non-hydrogen) atoms. The van der Waals surface area contributed by atoms with Crippen molar-refractivity contribution in [3.8, 4) is 0 Å². The Morgan fingerprint density at radius 2 is 1.75 bits per heavy atom. The van der Waals surface area contributed by atoms with E-state index in [9.17, 15) is 15.3 Å². The second-order valence-electron chi connectivity index (χ2n) is 6.26. The lowest BCUT2D eigenvalue weighted by Gasteiger charge is -2.33. The summed E-state index contributed by atoms with van der Waals surface area (Å²) in [5, 5.41) is 35.3. The van der Waals surface area contributed by atoms with E-state index in [1.54, 1.807) is 0 Å². The van der Waals surface area contributed by atoms with Gasteiger partial charge in [0, 0.05) is 12.6 Å². The highest BCUT2D eigenvalue weighted by molar-refractivity contribution is 4.82. The highest BCUT2D eigenvalue weighted by Gasteiger charge is 2.33. The molecule has 3 atom stereocenters. The van der Waals surface area contributed by atoms with Crippen molar-refractivity contribution < 1.29 is 20.1 Å². The first-order valence-corrected chi connectivity index (χ1v) is 7.28. The van der Waals surface area contributed by atoms with Crippen molar-refractivity contribution in [3.05, 3.63) is 0 Å². The maximum absolute atomic E-state index is 10.1. The van der Waals surface area contributed by atoms with E-state index in [-0.39, 0.29) is 12.6 Å². The standard InChI is InChI=1S/C14H32N2O4/c1-10(2)6-15-7-12(18)8-20-13(16-11(3)4)14(5,19)9-17/h10-13,15-19H,6-9H2,1-5H3. The van der Waals surface area contributed by atoms with Gasteiger partial charge in [-0.15, -0.1) is 0 Å². The molecule has 0 saturated carbocycles. The van der Waals surface area contributed by atoms with Crippen molar-refractivity contribution in [2.24, 2.45) is 5.92 Å². The molecular formula is C14H32N2O4. The van der Waals surface area contributed by atoms with Gasteiger partial charge in [0.25, 0.3) is 0 Å². The van der Waals surface area contributed by atoms with Crippen molar-refractivity contribution in [2.45, 2.75) is 58.6 Å². The Bertz CT molecular complexity index is 247. The van der Waals surface area contributed by atoms with E-state index in [2.05, 4.69) is 24.5 Å². The lowest BCUT2D eigenvalue weighted by molar-refractivity contribution is -0.149. The molecular weight excluding hydrogens is 260 g/mol. The van der Waals surface area contributed by atoms with Crippen LogP contribution in [0.3, 0.4) is 0 Å². The van der Waals surface area contributed by atoms with Gasteiger partial charge in [-0.1, -0.05) is 13.8 Å². The summed E-state index contributed by atoms with van der Waals surface area (Å²) in [7, 11) is 0. The maximum atomic E-state index is 10.1. The fraction of sp³-hybridized carbons (Fsp3) is 1.00. The van der Waals surface area contributed by atoms with Crippen LogP contribution in [0.4, 0.5) is 0 Å². The second kappa shape index (κ2) is 9.65. The Morgan fingerprint density at radius 3 is 2.20 bits per heavy atom. The number of nitrogens with one attached hydrogen (secondary N) is 2. The van der Waals surface area contributed by atoms with Crippen LogP contribution in [0.1, 0.15) is 34.6 Å². The van der Waals surface area contributed by atoms with Gasteiger partial charge >= 0.3 is 0 Å². The first-order valence-electron chi connectivity index (χ1n) is 7.28. The molecule has 0 aliphatic rings. The van der Waals surface area contributed by atoms with Gasteiger partial charge in [-0.3, -0.25) is 5.32 Å². The molecule has 0 aromatic carbocycles. The molecule has 0 aliphatic carbocycles. The molecule has 0 aliphatic heterocycles. The quantitative estimate of drug-likeness (QED) is 0.335. The number of aliphatic hydroxyl groups excluding tert-OH is 2. The molecule has 5 N–H and O–H groups in total. The Kier molecular flexibility index (Phi) is 9.54. The summed E-state index contributed by atoms with van der Waals surface area (Å²) in [6, 6.07) is 0.0919. The third-order valence-electron chi connectivity index (χ3n) is 2.76. The Labute approximate surface area is 122 Å². The summed E-state index contributed by atoms with van der Waals surface area (Å²) < 4.78 is 5.52. The topological polar surface area (TPSA) is 94.0 Å². The highest BCUT2D eigenvalue weighted by atomic mass is 16.5. The van der Waals surface area contributed by atoms with Crippen LogP contribution < -0.4 is 10.6 Å². The van der Waals surface area contributed by atoms with E-state index < -0.39 is 24.5 Å². The van der Waals surface area contributed by atoms with Crippen molar-refractivity contribution in [3.63, 3.8) is 0 Å². The first kappa shape index (κ1) is 19.8. The lowest BCUT2D eigenvalue weighted by Crippen LogP contribution is -2.55. The molecule has 6 heteroatoms. The highest BCUT2D eigenvalue weighted by Crippen LogP contribution is 2.11. The summed E-state index contributed by atoms with van der Waals surface area (Å²) in [5.41, 5.74) is -1.39. The molecule has 0 heterocycles. The summed E-state index contributed by atoms with van der Waals surface area (Å²) >= 11 is 0. The van der Waals surface area contributed by atoms with Crippen LogP contribution in [-0.2, 0) is 4.74 Å². The average Bonchev–Trinajstić information content (AvgIpc) is 2.33. The molecule has 0 spiro atoms. The molecule has 3 unspecified atom stereocenters. The molecule has 0 saturated heterocycles. The van der Waals surface area contributed by atoms with Crippen molar-refractivity contribution >= 4 is 0 Å². The molecule has 6 nitrogen and oxygen atoms in total. The zero-order valence-electron chi connectivity index (χ0n) is 13.4. The molecule has 0 aromatic rings. The van der Waals surface area contributed by atoms with E-state index in [1.807, 2.05) is 13.8 Å². The normalized spacial score (nSPS) is 18.3. The zero-order chi connectivity index (χ0) is 15.8. The largest absolute Gasteiger partial charge is 0.393 e. The van der Waals surface area contributed by atoms with E-state index in [4.69, 9.17) is 4.74 Å². The average molecular weight is 292 g/mol. The molecule has 0 rings (SSSR count). The van der Waals surface area contributed by atoms with Gasteiger partial charge in [-0.25, -0.2) is 0 Å². The predicted molar refractivity (Wildman–Crippen MR) is 79.4 cm³/mol. The maximum Gasteiger partial charge on any atom is 0.139 e. The van der Waals surface area contributed by atoms with Crippen LogP contribution in [0.5, 0.6) is 0 Å². The van der Waals surface area contributed by atoms with Gasteiger partial charge in [0.15, 0.2) is 0 Å². The molecule has 0 fully saturated rings. The Morgan fingerprint density at radius 1 is 1.15 bits per heavy atom. The summed E-state index contributed by atoms with van der Waals surface area (Å²) in [4.78, 5) is 0. The van der Waals surface area contributed by atoms with Crippen LogP contribution in [0, 0.1) is 5.92 Å². The van der Waals surface area contributed by atoms with Crippen LogP contribution >= 0.6 is 0 Å². The molecule has 0 bridgehead atoms. The number of hydrogen-bond acceptors (Lipinski definition) is 6. The van der Waals surface area contributed by atoms with Gasteiger partial charge in [0.1, 0.15) is 11.8 Å². The van der Waals surface area contributed by atoms with E-state index >= 15 is 0 Å². The number of aliphatic hydroxyl groups is 3. The number of hydrogen-bond donors (Lipinski definition) is 5. The minimum atomic E-state index is -1.39. The fourth-order valence-corrected chi connectivity index (χ4v) is 1.60. The second-order valence-corrected chi connectivity index (χ2v) is 6.26. The van der Waals surface area contributed by atoms with Crippen LogP contribution in [-0.4, -0.2) is 65.6 Å².